The van der Waals surface area contributed by atoms with Crippen LogP contribution in [0.3, 0.4) is 0 Å². The maximum Gasteiger partial charge on any atom is 0.244 e. The quantitative estimate of drug-likeness (QED) is 0.892. The number of hydrogen-bond donors (Lipinski definition) is 1. The number of benzene rings is 1. The number of rotatable bonds is 2. The topological polar surface area (TPSA) is 52.9 Å². The summed E-state index contributed by atoms with van der Waals surface area (Å²) in [5, 5.41) is 12.6. The van der Waals surface area contributed by atoms with Crippen molar-refractivity contribution >= 4 is 11.6 Å². The van der Waals surface area contributed by atoms with Gasteiger partial charge < -0.3 is 5.32 Å². The zero-order chi connectivity index (χ0) is 14.7. The number of nitrogens with one attached hydrogen (secondary N) is 1. The first-order valence-electron chi connectivity index (χ1n) is 8.09. The molecule has 1 amide bonds. The number of fused-ring (bicyclic) bond motifs is 1. The molecule has 0 spiro atoms. The smallest absolute Gasteiger partial charge is 0.244 e. The first-order valence-corrected chi connectivity index (χ1v) is 8.09. The van der Waals surface area contributed by atoms with Gasteiger partial charge in [-0.1, -0.05) is 31.4 Å². The largest absolute Gasteiger partial charge is 0.324 e. The lowest BCUT2D eigenvalue weighted by Gasteiger charge is -2.30. The fourth-order valence-electron chi connectivity index (χ4n) is 3.69. The minimum atomic E-state index is -0.810. The van der Waals surface area contributed by atoms with Gasteiger partial charge >= 0.3 is 0 Å². The Morgan fingerprint density at radius 1 is 1.10 bits per heavy atom. The van der Waals surface area contributed by atoms with Gasteiger partial charge in [-0.2, -0.15) is 5.26 Å². The van der Waals surface area contributed by atoms with E-state index < -0.39 is 5.41 Å². The third-order valence-corrected chi connectivity index (χ3v) is 5.00. The standard InChI is InChI=1S/C18H22N2O/c19-13-18(11-4-1-5-12-18)17(21)20-16-10-6-8-14-7-2-3-9-15(14)16/h6,8,10H,1-5,7,9,11-12H2,(H,20,21). The van der Waals surface area contributed by atoms with Gasteiger partial charge in [0.05, 0.1) is 6.07 Å². The van der Waals surface area contributed by atoms with E-state index in [2.05, 4.69) is 17.5 Å². The third-order valence-electron chi connectivity index (χ3n) is 5.00. The van der Waals surface area contributed by atoms with Crippen molar-refractivity contribution in [1.29, 1.82) is 5.26 Å². The number of hydrogen-bond acceptors (Lipinski definition) is 2. The molecule has 3 rings (SSSR count). The molecule has 1 aromatic carbocycles. The maximum absolute atomic E-state index is 12.7. The number of nitrogens with zero attached hydrogens (tertiary/aromatic N) is 1. The first-order chi connectivity index (χ1) is 10.2. The second-order valence-electron chi connectivity index (χ2n) is 6.36. The van der Waals surface area contributed by atoms with E-state index in [1.54, 1.807) is 0 Å². The summed E-state index contributed by atoms with van der Waals surface area (Å²) < 4.78 is 0. The van der Waals surface area contributed by atoms with Crippen LogP contribution in [0.25, 0.3) is 0 Å². The minimum absolute atomic E-state index is 0.0938. The zero-order valence-corrected chi connectivity index (χ0v) is 12.5. The van der Waals surface area contributed by atoms with Crippen LogP contribution >= 0.6 is 0 Å². The maximum atomic E-state index is 12.7. The lowest BCUT2D eigenvalue weighted by molar-refractivity contribution is -0.124. The monoisotopic (exact) mass is 282 g/mol. The van der Waals surface area contributed by atoms with Crippen molar-refractivity contribution in [1.82, 2.24) is 0 Å². The summed E-state index contributed by atoms with van der Waals surface area (Å²) in [7, 11) is 0. The molecule has 3 heteroatoms. The average molecular weight is 282 g/mol. The highest BCUT2D eigenvalue weighted by molar-refractivity contribution is 5.98. The molecular weight excluding hydrogens is 260 g/mol. The van der Waals surface area contributed by atoms with Crippen LogP contribution in [0.15, 0.2) is 18.2 Å². The van der Waals surface area contributed by atoms with Gasteiger partial charge in [0.25, 0.3) is 0 Å². The van der Waals surface area contributed by atoms with Gasteiger partial charge in [-0.25, -0.2) is 0 Å². The van der Waals surface area contributed by atoms with E-state index >= 15 is 0 Å². The van der Waals surface area contributed by atoms with E-state index in [1.165, 1.54) is 24.0 Å². The Kier molecular flexibility index (Phi) is 3.96. The predicted octanol–water partition coefficient (Wildman–Crippen LogP) is 3.98. The first kappa shape index (κ1) is 14.1. The summed E-state index contributed by atoms with van der Waals surface area (Å²) in [4.78, 5) is 12.7. The van der Waals surface area contributed by atoms with Crippen LogP contribution in [-0.2, 0) is 17.6 Å². The van der Waals surface area contributed by atoms with E-state index in [9.17, 15) is 10.1 Å². The van der Waals surface area contributed by atoms with Crippen LogP contribution < -0.4 is 5.32 Å². The van der Waals surface area contributed by atoms with Gasteiger partial charge in [0.15, 0.2) is 0 Å². The fraction of sp³-hybridized carbons (Fsp3) is 0.556. The Bertz CT molecular complexity index is 579. The van der Waals surface area contributed by atoms with Crippen LogP contribution in [0.5, 0.6) is 0 Å². The number of aryl methyl sites for hydroxylation is 1. The second kappa shape index (κ2) is 5.89. The van der Waals surface area contributed by atoms with E-state index in [0.29, 0.717) is 12.8 Å². The highest BCUT2D eigenvalue weighted by atomic mass is 16.2. The van der Waals surface area contributed by atoms with Gasteiger partial charge in [-0.3, -0.25) is 4.79 Å². The van der Waals surface area contributed by atoms with Gasteiger partial charge in [-0.05, 0) is 55.7 Å². The van der Waals surface area contributed by atoms with E-state index in [4.69, 9.17) is 0 Å². The van der Waals surface area contributed by atoms with Crippen molar-refractivity contribution in [3.8, 4) is 6.07 Å². The Labute approximate surface area is 126 Å². The normalized spacial score (nSPS) is 20.1. The summed E-state index contributed by atoms with van der Waals surface area (Å²) in [6.07, 6.45) is 9.04. The molecule has 1 N–H and O–H groups in total. The Morgan fingerprint density at radius 3 is 2.62 bits per heavy atom. The SMILES string of the molecule is N#CC1(C(=O)Nc2cccc3c2CCCC3)CCCCC1. The molecule has 0 atom stereocenters. The van der Waals surface area contributed by atoms with E-state index in [0.717, 1.165) is 37.8 Å². The molecule has 110 valence electrons. The predicted molar refractivity (Wildman–Crippen MR) is 82.8 cm³/mol. The number of amides is 1. The van der Waals surface area contributed by atoms with E-state index in [-0.39, 0.29) is 5.91 Å². The molecule has 2 aliphatic rings. The lowest BCUT2D eigenvalue weighted by atomic mass is 9.74. The average Bonchev–Trinajstić information content (AvgIpc) is 2.56. The Balaban J connectivity index is 1.83. The summed E-state index contributed by atoms with van der Waals surface area (Å²) in [5.41, 5.74) is 2.75. The highest BCUT2D eigenvalue weighted by Crippen LogP contribution is 2.37. The summed E-state index contributed by atoms with van der Waals surface area (Å²) in [5.74, 6) is -0.0938. The fourth-order valence-corrected chi connectivity index (χ4v) is 3.69. The molecule has 1 aromatic rings. The molecule has 0 saturated heterocycles. The van der Waals surface area contributed by atoms with Crippen LogP contribution in [0.2, 0.25) is 0 Å². The zero-order valence-electron chi connectivity index (χ0n) is 12.5. The van der Waals surface area contributed by atoms with Crippen LogP contribution in [0, 0.1) is 16.7 Å². The van der Waals surface area contributed by atoms with Crippen molar-refractivity contribution in [2.75, 3.05) is 5.32 Å². The molecule has 2 aliphatic carbocycles. The molecule has 3 nitrogen and oxygen atoms in total. The van der Waals surface area contributed by atoms with Crippen LogP contribution in [0.1, 0.15) is 56.1 Å². The number of anilines is 1. The molecule has 0 radical (unpaired) electrons. The molecule has 0 heterocycles. The molecule has 0 bridgehead atoms. The minimum Gasteiger partial charge on any atom is -0.324 e. The van der Waals surface area contributed by atoms with Crippen LogP contribution in [-0.4, -0.2) is 5.91 Å². The molecular formula is C18H22N2O. The summed E-state index contributed by atoms with van der Waals surface area (Å²) >= 11 is 0. The lowest BCUT2D eigenvalue weighted by Crippen LogP contribution is -2.37. The van der Waals surface area contributed by atoms with Gasteiger partial charge in [-0.15, -0.1) is 0 Å². The molecule has 0 unspecified atom stereocenters. The number of carbonyl (C=O) groups excluding carboxylic acids is 1. The van der Waals surface area contributed by atoms with Crippen molar-refractivity contribution < 1.29 is 4.79 Å². The summed E-state index contributed by atoms with van der Waals surface area (Å²) in [6.45, 7) is 0. The molecule has 1 fully saturated rings. The second-order valence-corrected chi connectivity index (χ2v) is 6.36. The third kappa shape index (κ3) is 2.68. The number of nitriles is 1. The number of carbonyl (C=O) groups is 1. The van der Waals surface area contributed by atoms with Gasteiger partial charge in [0, 0.05) is 5.69 Å². The van der Waals surface area contributed by atoms with Crippen molar-refractivity contribution in [3.05, 3.63) is 29.3 Å². The van der Waals surface area contributed by atoms with E-state index in [1.807, 2.05) is 12.1 Å². The van der Waals surface area contributed by atoms with Gasteiger partial charge in [0.2, 0.25) is 5.91 Å². The Hall–Kier alpha value is -1.82. The van der Waals surface area contributed by atoms with Crippen molar-refractivity contribution in [2.45, 2.75) is 57.8 Å². The molecule has 1 saturated carbocycles. The molecule has 0 aliphatic heterocycles. The van der Waals surface area contributed by atoms with Crippen LogP contribution in [0.4, 0.5) is 5.69 Å². The van der Waals surface area contributed by atoms with Gasteiger partial charge in [0.1, 0.15) is 5.41 Å². The Morgan fingerprint density at radius 2 is 1.86 bits per heavy atom. The molecule has 21 heavy (non-hydrogen) atoms. The summed E-state index contributed by atoms with van der Waals surface area (Å²) in [6, 6.07) is 8.46. The highest BCUT2D eigenvalue weighted by Gasteiger charge is 2.40. The molecule has 0 aromatic heterocycles. The van der Waals surface area contributed by atoms with Crippen molar-refractivity contribution in [3.63, 3.8) is 0 Å². The van der Waals surface area contributed by atoms with Crippen molar-refractivity contribution in [2.24, 2.45) is 5.41 Å².